The number of aliphatic carboxylic acids is 2. The number of carboxylic acid groups (broad SMARTS) is 2. The zero-order valence-electron chi connectivity index (χ0n) is 20.6. The topological polar surface area (TPSA) is 277 Å². The lowest BCUT2D eigenvalue weighted by Gasteiger charge is -2.25. The van der Waals surface area contributed by atoms with Crippen LogP contribution in [0.5, 0.6) is 5.75 Å². The van der Waals surface area contributed by atoms with Crippen LogP contribution in [-0.4, -0.2) is 81.6 Å². The van der Waals surface area contributed by atoms with E-state index >= 15 is 0 Å². The molecule has 0 bridgehead atoms. The van der Waals surface area contributed by atoms with E-state index in [1.807, 2.05) is 0 Å². The zero-order valence-corrected chi connectivity index (χ0v) is 20.6. The van der Waals surface area contributed by atoms with Gasteiger partial charge in [-0.15, -0.1) is 0 Å². The number of nitrogens with two attached hydrogens (primary N) is 3. The maximum atomic E-state index is 13.0. The summed E-state index contributed by atoms with van der Waals surface area (Å²) in [6, 6.07) is -0.0313. The molecule has 4 unspecified atom stereocenters. The van der Waals surface area contributed by atoms with E-state index in [1.165, 1.54) is 24.3 Å². The minimum absolute atomic E-state index is 0.0196. The quantitative estimate of drug-likeness (QED) is 0.0918. The Kier molecular flexibility index (Phi) is 13.2. The molecule has 12 N–H and O–H groups in total. The van der Waals surface area contributed by atoms with Crippen LogP contribution in [0.1, 0.15) is 37.7 Å². The van der Waals surface area contributed by atoms with Crippen LogP contribution in [0.15, 0.2) is 24.3 Å². The fourth-order valence-corrected chi connectivity index (χ4v) is 3.34. The van der Waals surface area contributed by atoms with Crippen LogP contribution < -0.4 is 33.2 Å². The fourth-order valence-electron chi connectivity index (χ4n) is 3.34. The van der Waals surface area contributed by atoms with Crippen molar-refractivity contribution in [3.8, 4) is 5.75 Å². The van der Waals surface area contributed by atoms with Crippen molar-refractivity contribution < 1.29 is 44.1 Å². The molecule has 1 aromatic rings. The number of amides is 4. The summed E-state index contributed by atoms with van der Waals surface area (Å²) in [6.45, 7) is 0.294. The summed E-state index contributed by atoms with van der Waals surface area (Å²) in [5.74, 6) is -6.55. The van der Waals surface area contributed by atoms with Crippen molar-refractivity contribution in [3.05, 3.63) is 29.8 Å². The highest BCUT2D eigenvalue weighted by Crippen LogP contribution is 2.12. The lowest BCUT2D eigenvalue weighted by Crippen LogP contribution is -2.58. The molecule has 0 spiro atoms. The minimum atomic E-state index is -1.57. The van der Waals surface area contributed by atoms with E-state index in [0.717, 1.165) is 0 Å². The standard InChI is InChI=1S/C23H34N6O9/c24-8-2-1-3-15(21(35)29-17(23(37)38)9-12-4-6-13(30)7-5-12)27-22(36)16(11-18(26)31)28-20(34)14(25)10-19(32)33/h4-7,14-17,30H,1-3,8-11,24-25H2,(H2,26,31)(H,27,36)(H,28,34)(H,29,35)(H,32,33)(H,37,38). The maximum Gasteiger partial charge on any atom is 0.326 e. The number of nitrogens with one attached hydrogen (secondary N) is 3. The summed E-state index contributed by atoms with van der Waals surface area (Å²) in [5, 5.41) is 34.7. The van der Waals surface area contributed by atoms with Gasteiger partial charge in [0.1, 0.15) is 23.9 Å². The number of phenolic OH excluding ortho intramolecular Hbond substituents is 1. The summed E-state index contributed by atoms with van der Waals surface area (Å²) >= 11 is 0. The number of rotatable bonds is 17. The molecule has 0 saturated heterocycles. The average Bonchev–Trinajstić information content (AvgIpc) is 2.82. The van der Waals surface area contributed by atoms with Crippen LogP contribution in [0.3, 0.4) is 0 Å². The highest BCUT2D eigenvalue weighted by atomic mass is 16.4. The van der Waals surface area contributed by atoms with Crippen LogP contribution in [0.25, 0.3) is 0 Å². The molecule has 4 atom stereocenters. The van der Waals surface area contributed by atoms with Gasteiger partial charge in [-0.05, 0) is 43.5 Å². The van der Waals surface area contributed by atoms with Crippen molar-refractivity contribution in [2.75, 3.05) is 6.54 Å². The average molecular weight is 539 g/mol. The van der Waals surface area contributed by atoms with Gasteiger partial charge >= 0.3 is 11.9 Å². The highest BCUT2D eigenvalue weighted by molar-refractivity contribution is 5.96. The van der Waals surface area contributed by atoms with Gasteiger partial charge in [-0.2, -0.15) is 0 Å². The summed E-state index contributed by atoms with van der Waals surface area (Å²) in [5.41, 5.74) is 16.7. The molecule has 0 fully saturated rings. The van der Waals surface area contributed by atoms with Crippen molar-refractivity contribution in [1.82, 2.24) is 16.0 Å². The van der Waals surface area contributed by atoms with Gasteiger partial charge in [0, 0.05) is 6.42 Å². The van der Waals surface area contributed by atoms with Gasteiger partial charge in [-0.3, -0.25) is 24.0 Å². The zero-order chi connectivity index (χ0) is 28.8. The number of benzene rings is 1. The van der Waals surface area contributed by atoms with Crippen molar-refractivity contribution in [3.63, 3.8) is 0 Å². The van der Waals surface area contributed by atoms with E-state index in [4.69, 9.17) is 22.3 Å². The largest absolute Gasteiger partial charge is 0.508 e. The molecule has 15 nitrogen and oxygen atoms in total. The Morgan fingerprint density at radius 3 is 1.87 bits per heavy atom. The van der Waals surface area contributed by atoms with Crippen molar-refractivity contribution in [2.24, 2.45) is 17.2 Å². The second-order valence-electron chi connectivity index (χ2n) is 8.55. The van der Waals surface area contributed by atoms with Crippen molar-refractivity contribution in [1.29, 1.82) is 0 Å². The predicted molar refractivity (Wildman–Crippen MR) is 132 cm³/mol. The first kappa shape index (κ1) is 31.8. The first-order chi connectivity index (χ1) is 17.8. The molecule has 0 saturated carbocycles. The Balaban J connectivity index is 3.04. The third-order valence-corrected chi connectivity index (χ3v) is 5.34. The Morgan fingerprint density at radius 1 is 0.789 bits per heavy atom. The number of unbranched alkanes of at least 4 members (excludes halogenated alkanes) is 1. The second kappa shape index (κ2) is 15.8. The minimum Gasteiger partial charge on any atom is -0.508 e. The van der Waals surface area contributed by atoms with Crippen LogP contribution >= 0.6 is 0 Å². The van der Waals surface area contributed by atoms with Gasteiger partial charge in [0.05, 0.1) is 18.9 Å². The Labute approximate surface area is 218 Å². The summed E-state index contributed by atoms with van der Waals surface area (Å²) in [7, 11) is 0. The monoisotopic (exact) mass is 538 g/mol. The van der Waals surface area contributed by atoms with E-state index in [9.17, 15) is 39.0 Å². The number of phenols is 1. The molecule has 15 heteroatoms. The molecule has 38 heavy (non-hydrogen) atoms. The Bertz CT molecular complexity index is 1000. The number of carbonyl (C=O) groups is 6. The molecular formula is C23H34N6O9. The van der Waals surface area contributed by atoms with E-state index in [0.29, 0.717) is 24.9 Å². The third-order valence-electron chi connectivity index (χ3n) is 5.34. The molecule has 210 valence electrons. The van der Waals surface area contributed by atoms with Gasteiger partial charge in [-0.25, -0.2) is 4.79 Å². The van der Waals surface area contributed by atoms with Gasteiger partial charge in [0.2, 0.25) is 23.6 Å². The van der Waals surface area contributed by atoms with Gasteiger partial charge in [0.25, 0.3) is 0 Å². The van der Waals surface area contributed by atoms with Crippen molar-refractivity contribution in [2.45, 2.75) is 62.7 Å². The molecule has 0 radical (unpaired) electrons. The third kappa shape index (κ3) is 11.7. The lowest BCUT2D eigenvalue weighted by atomic mass is 10.0. The number of hydrogen-bond donors (Lipinski definition) is 9. The smallest absolute Gasteiger partial charge is 0.326 e. The van der Waals surface area contributed by atoms with Crippen molar-refractivity contribution >= 4 is 35.6 Å². The van der Waals surface area contributed by atoms with Crippen LogP contribution in [-0.2, 0) is 35.2 Å². The molecular weight excluding hydrogens is 504 g/mol. The first-order valence-corrected chi connectivity index (χ1v) is 11.7. The molecule has 0 aliphatic rings. The van der Waals surface area contributed by atoms with E-state index < -0.39 is 72.6 Å². The van der Waals surface area contributed by atoms with Crippen LogP contribution in [0, 0.1) is 0 Å². The molecule has 0 heterocycles. The molecule has 0 aliphatic carbocycles. The van der Waals surface area contributed by atoms with E-state index in [-0.39, 0.29) is 18.6 Å². The fraction of sp³-hybridized carbons (Fsp3) is 0.478. The summed E-state index contributed by atoms with van der Waals surface area (Å²) < 4.78 is 0. The normalized spacial score (nSPS) is 13.8. The first-order valence-electron chi connectivity index (χ1n) is 11.7. The van der Waals surface area contributed by atoms with E-state index in [1.54, 1.807) is 0 Å². The Morgan fingerprint density at radius 2 is 1.34 bits per heavy atom. The SMILES string of the molecule is NCCCCC(NC(=O)C(CC(N)=O)NC(=O)C(N)CC(=O)O)C(=O)NC(Cc1ccc(O)cc1)C(=O)O. The van der Waals surface area contributed by atoms with Gasteiger partial charge in [0.15, 0.2) is 0 Å². The highest BCUT2D eigenvalue weighted by Gasteiger charge is 2.31. The predicted octanol–water partition coefficient (Wildman–Crippen LogP) is -2.72. The van der Waals surface area contributed by atoms with Crippen LogP contribution in [0.4, 0.5) is 0 Å². The molecule has 1 aromatic carbocycles. The Hall–Kier alpha value is -4.24. The molecule has 4 amide bonds. The number of carbonyl (C=O) groups excluding carboxylic acids is 4. The number of primary amides is 1. The van der Waals surface area contributed by atoms with E-state index in [2.05, 4.69) is 16.0 Å². The summed E-state index contributed by atoms with van der Waals surface area (Å²) in [6.07, 6.45) is -0.615. The second-order valence-corrected chi connectivity index (χ2v) is 8.55. The number of hydrogen-bond acceptors (Lipinski definition) is 9. The number of carboxylic acids is 2. The molecule has 0 aliphatic heterocycles. The van der Waals surface area contributed by atoms with Crippen LogP contribution in [0.2, 0.25) is 0 Å². The van der Waals surface area contributed by atoms with Gasteiger partial charge in [-0.1, -0.05) is 12.1 Å². The van der Waals surface area contributed by atoms with Gasteiger partial charge < -0.3 is 48.5 Å². The molecule has 1 rings (SSSR count). The lowest BCUT2D eigenvalue weighted by molar-refractivity contribution is -0.142. The maximum absolute atomic E-state index is 13.0. The number of aromatic hydroxyl groups is 1. The summed E-state index contributed by atoms with van der Waals surface area (Å²) in [4.78, 5) is 72.2. The molecule has 0 aromatic heterocycles.